The number of hydrogen-bond acceptors (Lipinski definition) is 6. The summed E-state index contributed by atoms with van der Waals surface area (Å²) in [6, 6.07) is 12.6. The second-order valence-electron chi connectivity index (χ2n) is 6.27. The zero-order valence-corrected chi connectivity index (χ0v) is 17.1. The highest BCUT2D eigenvalue weighted by atomic mass is 35.5. The predicted octanol–water partition coefficient (Wildman–Crippen LogP) is 3.10. The summed E-state index contributed by atoms with van der Waals surface area (Å²) in [5.41, 5.74) is 0.492. The third-order valence-electron chi connectivity index (χ3n) is 4.18. The van der Waals surface area contributed by atoms with E-state index in [0.29, 0.717) is 11.0 Å². The molecule has 2 N–H and O–H groups in total. The van der Waals surface area contributed by atoms with Crippen LogP contribution in [-0.4, -0.2) is 37.1 Å². The Balaban J connectivity index is 1.62. The fraction of sp³-hybridized carbons (Fsp3) is 0.167. The van der Waals surface area contributed by atoms with E-state index in [0.717, 1.165) is 0 Å². The molecule has 1 saturated heterocycles. The lowest BCUT2D eigenvalue weighted by atomic mass is 10.3. The molecule has 4 rings (SSSR count). The van der Waals surface area contributed by atoms with Gasteiger partial charge in [-0.2, -0.15) is 8.42 Å². The van der Waals surface area contributed by atoms with E-state index < -0.39 is 33.0 Å². The Morgan fingerprint density at radius 3 is 2.72 bits per heavy atom. The number of furan rings is 1. The van der Waals surface area contributed by atoms with Crippen molar-refractivity contribution >= 4 is 55.2 Å². The van der Waals surface area contributed by atoms with Crippen molar-refractivity contribution in [3.8, 4) is 0 Å². The number of amides is 1. The van der Waals surface area contributed by atoms with Gasteiger partial charge in [-0.25, -0.2) is 4.79 Å². The van der Waals surface area contributed by atoms with Gasteiger partial charge in [-0.05, 0) is 24.3 Å². The average molecular weight is 455 g/mol. The first kappa shape index (κ1) is 19.7. The minimum absolute atomic E-state index is 0.0136. The Morgan fingerprint density at radius 2 is 2.00 bits per heavy atom. The number of ether oxygens (including phenoxy) is 1. The molecule has 1 aliphatic heterocycles. The molecule has 1 fully saturated rings. The minimum atomic E-state index is -4.09. The Kier molecular flexibility index (Phi) is 5.24. The Hall–Kier alpha value is -2.56. The van der Waals surface area contributed by atoms with Crippen LogP contribution in [0.2, 0.25) is 5.02 Å². The number of rotatable bonds is 6. The molecule has 2 aromatic carbocycles. The third kappa shape index (κ3) is 4.24. The maximum absolute atomic E-state index is 12.8. The topological polar surface area (TPSA) is 115 Å². The summed E-state index contributed by atoms with van der Waals surface area (Å²) in [5.74, 6) is 0.0136. The summed E-state index contributed by atoms with van der Waals surface area (Å²) >= 11 is 6.01. The van der Waals surface area contributed by atoms with Crippen LogP contribution in [0.5, 0.6) is 0 Å². The highest BCUT2D eigenvalue weighted by molar-refractivity contribution is 7.92. The monoisotopic (exact) mass is 454 g/mol. The molecule has 152 valence electrons. The van der Waals surface area contributed by atoms with Crippen LogP contribution in [-0.2, 0) is 25.6 Å². The number of para-hydroxylation sites is 1. The number of anilines is 1. The second-order valence-corrected chi connectivity index (χ2v) is 9.78. The number of carbonyl (C=O) groups excluding carboxylic acids is 1. The van der Waals surface area contributed by atoms with Gasteiger partial charge in [0.2, 0.25) is 5.09 Å². The molecule has 1 aromatic heterocycles. The van der Waals surface area contributed by atoms with Gasteiger partial charge in [-0.1, -0.05) is 29.8 Å². The number of cyclic esters (lactones) is 1. The molecule has 2 atom stereocenters. The SMILES string of the molecule is O=C1NCC(CS(=O)c2ccc(Cl)cc2NS(=O)(=O)c2cc3ccccc3o2)O1. The molecule has 2 unspecified atom stereocenters. The van der Waals surface area contributed by atoms with E-state index in [4.69, 9.17) is 20.8 Å². The van der Waals surface area contributed by atoms with Gasteiger partial charge in [0, 0.05) is 16.5 Å². The van der Waals surface area contributed by atoms with Crippen LogP contribution in [0, 0.1) is 0 Å². The maximum atomic E-state index is 12.8. The van der Waals surface area contributed by atoms with Gasteiger partial charge in [0.25, 0.3) is 10.0 Å². The minimum Gasteiger partial charge on any atom is -0.443 e. The first-order chi connectivity index (χ1) is 13.8. The molecule has 11 heteroatoms. The zero-order valence-electron chi connectivity index (χ0n) is 14.8. The van der Waals surface area contributed by atoms with Crippen molar-refractivity contribution in [1.82, 2.24) is 5.32 Å². The number of carbonyl (C=O) groups is 1. The number of sulfonamides is 1. The van der Waals surface area contributed by atoms with Crippen LogP contribution >= 0.6 is 11.6 Å². The number of nitrogens with one attached hydrogen (secondary N) is 2. The number of halogens is 1. The molecule has 0 saturated carbocycles. The first-order valence-corrected chi connectivity index (χ1v) is 11.6. The zero-order chi connectivity index (χ0) is 20.6. The predicted molar refractivity (Wildman–Crippen MR) is 108 cm³/mol. The Labute approximate surface area is 173 Å². The van der Waals surface area contributed by atoms with E-state index in [9.17, 15) is 17.4 Å². The van der Waals surface area contributed by atoms with E-state index >= 15 is 0 Å². The molecule has 29 heavy (non-hydrogen) atoms. The summed E-state index contributed by atoms with van der Waals surface area (Å²) in [7, 11) is -5.74. The van der Waals surface area contributed by atoms with Crippen LogP contribution in [0.15, 0.2) is 62.9 Å². The summed E-state index contributed by atoms with van der Waals surface area (Å²) < 4.78 is 51.3. The van der Waals surface area contributed by atoms with E-state index in [1.807, 2.05) is 0 Å². The van der Waals surface area contributed by atoms with Gasteiger partial charge in [0.05, 0.1) is 33.7 Å². The fourth-order valence-electron chi connectivity index (χ4n) is 2.85. The number of hydrogen-bond donors (Lipinski definition) is 2. The largest absolute Gasteiger partial charge is 0.443 e. The normalized spacial score (nSPS) is 17.7. The van der Waals surface area contributed by atoms with Gasteiger partial charge in [0.1, 0.15) is 11.7 Å². The molecule has 8 nitrogen and oxygen atoms in total. The molecule has 1 amide bonds. The van der Waals surface area contributed by atoms with Gasteiger partial charge >= 0.3 is 6.09 Å². The molecule has 0 aliphatic carbocycles. The molecule has 0 spiro atoms. The summed E-state index contributed by atoms with van der Waals surface area (Å²) in [6.07, 6.45) is -1.15. The second kappa shape index (κ2) is 7.69. The van der Waals surface area contributed by atoms with Crippen LogP contribution < -0.4 is 10.0 Å². The lowest BCUT2D eigenvalue weighted by Crippen LogP contribution is -2.22. The van der Waals surface area contributed by atoms with Crippen LogP contribution in [0.4, 0.5) is 10.5 Å². The van der Waals surface area contributed by atoms with Gasteiger partial charge in [0.15, 0.2) is 0 Å². The first-order valence-electron chi connectivity index (χ1n) is 8.46. The van der Waals surface area contributed by atoms with Crippen molar-refractivity contribution in [3.05, 3.63) is 53.6 Å². The summed E-state index contributed by atoms with van der Waals surface area (Å²) in [4.78, 5) is 11.4. The highest BCUT2D eigenvalue weighted by Gasteiger charge is 2.27. The number of alkyl carbamates (subject to hydrolysis) is 1. The van der Waals surface area contributed by atoms with Crippen molar-refractivity contribution in [2.24, 2.45) is 0 Å². The van der Waals surface area contributed by atoms with Gasteiger partial charge in [-0.3, -0.25) is 8.93 Å². The standard InChI is InChI=1S/C18H15ClN2O6S2/c19-12-5-6-16(28(23)10-13-9-20-18(22)26-13)14(8-12)21-29(24,25)17-7-11-3-1-2-4-15(11)27-17/h1-8,13,21H,9-10H2,(H,20,22). The van der Waals surface area contributed by atoms with Crippen molar-refractivity contribution in [3.63, 3.8) is 0 Å². The average Bonchev–Trinajstić information content (AvgIpc) is 3.28. The molecule has 2 heterocycles. The Morgan fingerprint density at radius 1 is 1.21 bits per heavy atom. The molecule has 3 aromatic rings. The van der Waals surface area contributed by atoms with Gasteiger partial charge in [-0.15, -0.1) is 0 Å². The van der Waals surface area contributed by atoms with Crippen molar-refractivity contribution in [1.29, 1.82) is 0 Å². The van der Waals surface area contributed by atoms with Gasteiger partial charge < -0.3 is 14.5 Å². The van der Waals surface area contributed by atoms with Crippen molar-refractivity contribution < 1.29 is 26.6 Å². The highest BCUT2D eigenvalue weighted by Crippen LogP contribution is 2.29. The molecule has 0 radical (unpaired) electrons. The van der Waals surface area contributed by atoms with Crippen LogP contribution in [0.1, 0.15) is 0 Å². The molecular weight excluding hydrogens is 440 g/mol. The van der Waals surface area contributed by atoms with Crippen LogP contribution in [0.25, 0.3) is 11.0 Å². The fourth-order valence-corrected chi connectivity index (χ4v) is 5.40. The van der Waals surface area contributed by atoms with Crippen molar-refractivity contribution in [2.45, 2.75) is 16.1 Å². The van der Waals surface area contributed by atoms with E-state index in [1.165, 1.54) is 24.3 Å². The smallest absolute Gasteiger partial charge is 0.407 e. The quantitative estimate of drug-likeness (QED) is 0.591. The lowest BCUT2D eigenvalue weighted by Gasteiger charge is -2.13. The Bertz CT molecular complexity index is 1190. The van der Waals surface area contributed by atoms with E-state index in [-0.39, 0.29) is 33.0 Å². The van der Waals surface area contributed by atoms with Crippen LogP contribution in [0.3, 0.4) is 0 Å². The van der Waals surface area contributed by atoms with E-state index in [2.05, 4.69) is 10.0 Å². The maximum Gasteiger partial charge on any atom is 0.407 e. The number of fused-ring (bicyclic) bond motifs is 1. The van der Waals surface area contributed by atoms with Crippen molar-refractivity contribution in [2.75, 3.05) is 17.0 Å². The molecule has 1 aliphatic rings. The summed E-state index contributed by atoms with van der Waals surface area (Å²) in [5, 5.41) is 3.11. The van der Waals surface area contributed by atoms with E-state index in [1.54, 1.807) is 24.3 Å². The number of benzene rings is 2. The summed E-state index contributed by atoms with van der Waals surface area (Å²) in [6.45, 7) is 0.234. The third-order valence-corrected chi connectivity index (χ3v) is 7.16. The molecule has 0 bridgehead atoms. The lowest BCUT2D eigenvalue weighted by molar-refractivity contribution is 0.150. The molecular formula is C18H15ClN2O6S2.